The van der Waals surface area contributed by atoms with E-state index in [0.717, 1.165) is 35.6 Å². The molecule has 32 heavy (non-hydrogen) atoms. The van der Waals surface area contributed by atoms with E-state index < -0.39 is 0 Å². The molecular formula is C23H27N7O2. The maximum absolute atomic E-state index is 6.19. The first kappa shape index (κ1) is 20.3. The van der Waals surface area contributed by atoms with Crippen molar-refractivity contribution in [3.8, 4) is 22.8 Å². The molecule has 1 aliphatic rings. The molecule has 0 unspecified atom stereocenters. The van der Waals surface area contributed by atoms with Crippen LogP contribution >= 0.6 is 0 Å². The molecule has 0 bridgehead atoms. The summed E-state index contributed by atoms with van der Waals surface area (Å²) in [7, 11) is 3.56. The lowest BCUT2D eigenvalue weighted by Gasteiger charge is -2.39. The van der Waals surface area contributed by atoms with Crippen molar-refractivity contribution in [1.29, 1.82) is 0 Å². The number of nitrogens with one attached hydrogen (secondary N) is 1. The van der Waals surface area contributed by atoms with E-state index in [9.17, 15) is 0 Å². The molecule has 166 valence electrons. The molecule has 0 radical (unpaired) electrons. The number of hydrogen-bond acceptors (Lipinski definition) is 7. The zero-order chi connectivity index (χ0) is 22.1. The van der Waals surface area contributed by atoms with E-state index in [1.54, 1.807) is 19.5 Å². The summed E-state index contributed by atoms with van der Waals surface area (Å²) < 4.78 is 15.0. The second kappa shape index (κ2) is 8.51. The zero-order valence-electron chi connectivity index (χ0n) is 18.5. The lowest BCUT2D eigenvalue weighted by molar-refractivity contribution is 0.0563. The van der Waals surface area contributed by atoms with E-state index in [1.165, 1.54) is 6.42 Å². The maximum atomic E-state index is 6.19. The second-order valence-corrected chi connectivity index (χ2v) is 7.89. The van der Waals surface area contributed by atoms with Crippen molar-refractivity contribution >= 4 is 17.2 Å². The number of ether oxygens (including phenoxy) is 2. The van der Waals surface area contributed by atoms with Gasteiger partial charge < -0.3 is 14.8 Å². The Morgan fingerprint density at radius 3 is 2.78 bits per heavy atom. The smallest absolute Gasteiger partial charge is 0.165 e. The van der Waals surface area contributed by atoms with Gasteiger partial charge in [-0.2, -0.15) is 10.2 Å². The van der Waals surface area contributed by atoms with Gasteiger partial charge in [0.15, 0.2) is 11.6 Å². The van der Waals surface area contributed by atoms with E-state index in [4.69, 9.17) is 9.47 Å². The lowest BCUT2D eigenvalue weighted by atomic mass is 10.0. The Morgan fingerprint density at radius 2 is 2.06 bits per heavy atom. The Morgan fingerprint density at radius 1 is 1.16 bits per heavy atom. The number of nitrogens with zero attached hydrogens (tertiary/aromatic N) is 6. The van der Waals surface area contributed by atoms with Crippen LogP contribution in [0.15, 0.2) is 48.9 Å². The van der Waals surface area contributed by atoms with Gasteiger partial charge in [-0.05, 0) is 37.2 Å². The number of hydrogen-bond donors (Lipinski definition) is 1. The van der Waals surface area contributed by atoms with Crippen molar-refractivity contribution in [2.45, 2.75) is 19.4 Å². The molecule has 1 atom stereocenters. The highest BCUT2D eigenvalue weighted by atomic mass is 16.5. The Labute approximate surface area is 186 Å². The number of methoxy groups -OCH3 is 1. The molecule has 4 aromatic rings. The number of pyridine rings is 2. The van der Waals surface area contributed by atoms with Crippen LogP contribution in [0.2, 0.25) is 0 Å². The summed E-state index contributed by atoms with van der Waals surface area (Å²) in [6.07, 6.45) is 6.60. The summed E-state index contributed by atoms with van der Waals surface area (Å²) >= 11 is 0. The Kier molecular flexibility index (Phi) is 5.40. The summed E-state index contributed by atoms with van der Waals surface area (Å²) in [5, 5.41) is 12.3. The maximum Gasteiger partial charge on any atom is 0.165 e. The first-order valence-corrected chi connectivity index (χ1v) is 10.8. The Balaban J connectivity index is 1.36. The van der Waals surface area contributed by atoms with Crippen LogP contribution in [0, 0.1) is 0 Å². The quantitative estimate of drug-likeness (QED) is 0.456. The average molecular weight is 434 g/mol. The molecule has 1 N–H and O–H groups in total. The van der Waals surface area contributed by atoms with Gasteiger partial charge in [0.1, 0.15) is 23.9 Å². The van der Waals surface area contributed by atoms with Gasteiger partial charge in [0.25, 0.3) is 0 Å². The second-order valence-electron chi connectivity index (χ2n) is 7.89. The van der Waals surface area contributed by atoms with Crippen LogP contribution in [0.25, 0.3) is 16.8 Å². The molecule has 0 aliphatic carbocycles. The Bertz CT molecular complexity index is 1210. The molecule has 0 spiro atoms. The fraction of sp³-hybridized carbons (Fsp3) is 0.348. The van der Waals surface area contributed by atoms with Crippen LogP contribution < -0.4 is 14.8 Å². The van der Waals surface area contributed by atoms with Crippen LogP contribution in [0.3, 0.4) is 0 Å². The summed E-state index contributed by atoms with van der Waals surface area (Å²) in [4.78, 5) is 6.77. The van der Waals surface area contributed by atoms with Crippen molar-refractivity contribution < 1.29 is 9.47 Å². The largest absolute Gasteiger partial charge is 0.495 e. The van der Waals surface area contributed by atoms with Crippen LogP contribution in [-0.4, -0.2) is 62.1 Å². The van der Waals surface area contributed by atoms with Crippen molar-refractivity contribution in [2.75, 3.05) is 32.1 Å². The van der Waals surface area contributed by atoms with Gasteiger partial charge in [-0.1, -0.05) is 6.92 Å². The fourth-order valence-corrected chi connectivity index (χ4v) is 4.05. The van der Waals surface area contributed by atoms with Crippen LogP contribution in [0.1, 0.15) is 13.3 Å². The van der Waals surface area contributed by atoms with E-state index in [-0.39, 0.29) is 0 Å². The van der Waals surface area contributed by atoms with Crippen LogP contribution in [0.4, 0.5) is 11.6 Å². The monoisotopic (exact) mass is 433 g/mol. The standard InChI is InChI=1S/C23H27N7O2/c1-4-29-9-8-17(29)15-32-20-14-25-28(2)23(20)16-7-10-30-18(11-16)12-22(27-30)26-21-6-5-19(31-3)13-24-21/h5-7,10-14,17H,4,8-9,15H2,1-3H3,(H,24,26,27)/t17-/m1/s1. The molecule has 0 saturated carbocycles. The van der Waals surface area contributed by atoms with Gasteiger partial charge >= 0.3 is 0 Å². The summed E-state index contributed by atoms with van der Waals surface area (Å²) in [5.74, 6) is 2.93. The minimum atomic E-state index is 0.491. The van der Waals surface area contributed by atoms with E-state index >= 15 is 0 Å². The highest BCUT2D eigenvalue weighted by Gasteiger charge is 2.27. The SMILES string of the molecule is CCN1CC[C@@H]1COc1cnn(C)c1-c1ccn2nc(Nc3ccc(OC)cn3)cc2c1. The van der Waals surface area contributed by atoms with Gasteiger partial charge in [-0.15, -0.1) is 0 Å². The van der Waals surface area contributed by atoms with Gasteiger partial charge in [0.2, 0.25) is 0 Å². The van der Waals surface area contributed by atoms with Crippen molar-refractivity contribution in [3.63, 3.8) is 0 Å². The van der Waals surface area contributed by atoms with Gasteiger partial charge in [-0.3, -0.25) is 9.58 Å². The number of aryl methyl sites for hydroxylation is 1. The first-order valence-electron chi connectivity index (χ1n) is 10.8. The van der Waals surface area contributed by atoms with Gasteiger partial charge in [-0.25, -0.2) is 9.50 Å². The number of likely N-dealkylation sites (tertiary alicyclic amines) is 1. The van der Waals surface area contributed by atoms with E-state index in [1.807, 2.05) is 46.7 Å². The van der Waals surface area contributed by atoms with Gasteiger partial charge in [0, 0.05) is 37.5 Å². The molecule has 9 heteroatoms. The van der Waals surface area contributed by atoms with Crippen LogP contribution in [-0.2, 0) is 7.05 Å². The molecule has 1 aliphatic heterocycles. The molecule has 0 amide bonds. The molecule has 0 aromatic carbocycles. The van der Waals surface area contributed by atoms with Crippen molar-refractivity contribution in [3.05, 3.63) is 48.9 Å². The van der Waals surface area contributed by atoms with E-state index in [2.05, 4.69) is 38.4 Å². The van der Waals surface area contributed by atoms with Crippen molar-refractivity contribution in [1.82, 2.24) is 29.3 Å². The normalized spacial score (nSPS) is 16.2. The average Bonchev–Trinajstić information content (AvgIpc) is 3.35. The number of anilines is 2. The third-order valence-electron chi connectivity index (χ3n) is 5.97. The third kappa shape index (κ3) is 3.87. The lowest BCUT2D eigenvalue weighted by Crippen LogP contribution is -2.50. The minimum Gasteiger partial charge on any atom is -0.495 e. The molecular weight excluding hydrogens is 406 g/mol. The summed E-state index contributed by atoms with van der Waals surface area (Å²) in [6, 6.07) is 10.3. The van der Waals surface area contributed by atoms with Crippen molar-refractivity contribution in [2.24, 2.45) is 7.05 Å². The predicted molar refractivity (Wildman–Crippen MR) is 123 cm³/mol. The summed E-state index contributed by atoms with van der Waals surface area (Å²) in [6.45, 7) is 5.10. The minimum absolute atomic E-state index is 0.491. The van der Waals surface area contributed by atoms with Gasteiger partial charge in [0.05, 0.1) is 25.0 Å². The highest BCUT2D eigenvalue weighted by molar-refractivity contribution is 5.72. The first-order chi connectivity index (χ1) is 15.6. The topological polar surface area (TPSA) is 81.7 Å². The fourth-order valence-electron chi connectivity index (χ4n) is 4.05. The zero-order valence-corrected chi connectivity index (χ0v) is 18.5. The number of likely N-dealkylation sites (N-methyl/N-ethyl adjacent to an activating group) is 1. The number of rotatable bonds is 8. The molecule has 1 fully saturated rings. The molecule has 5 rings (SSSR count). The highest BCUT2D eigenvalue weighted by Crippen LogP contribution is 2.31. The summed E-state index contributed by atoms with van der Waals surface area (Å²) in [5.41, 5.74) is 2.95. The molecule has 5 heterocycles. The van der Waals surface area contributed by atoms with E-state index in [0.29, 0.717) is 30.0 Å². The Hall–Kier alpha value is -3.59. The predicted octanol–water partition coefficient (Wildman–Crippen LogP) is 3.36. The number of fused-ring (bicyclic) bond motifs is 1. The molecule has 9 nitrogen and oxygen atoms in total. The number of aromatic nitrogens is 5. The molecule has 1 saturated heterocycles. The third-order valence-corrected chi connectivity index (χ3v) is 5.97. The molecule has 4 aromatic heterocycles. The van der Waals surface area contributed by atoms with Crippen LogP contribution in [0.5, 0.6) is 11.5 Å².